The van der Waals surface area contributed by atoms with Crippen molar-refractivity contribution < 1.29 is 9.47 Å². The van der Waals surface area contributed by atoms with Gasteiger partial charge < -0.3 is 14.8 Å². The fourth-order valence-corrected chi connectivity index (χ4v) is 2.70. The molecule has 0 amide bonds. The molecule has 3 nitrogen and oxygen atoms in total. The van der Waals surface area contributed by atoms with E-state index in [9.17, 15) is 0 Å². The maximum absolute atomic E-state index is 5.82. The third-order valence-electron chi connectivity index (χ3n) is 4.03. The van der Waals surface area contributed by atoms with Crippen LogP contribution in [0.2, 0.25) is 0 Å². The molecule has 0 saturated heterocycles. The van der Waals surface area contributed by atoms with Gasteiger partial charge in [-0.1, -0.05) is 36.4 Å². The molecule has 1 N–H and O–H groups in total. The van der Waals surface area contributed by atoms with E-state index >= 15 is 0 Å². The highest BCUT2D eigenvalue weighted by Crippen LogP contribution is 2.29. The van der Waals surface area contributed by atoms with Gasteiger partial charge in [-0.2, -0.15) is 0 Å². The predicted molar refractivity (Wildman–Crippen MR) is 104 cm³/mol. The Labute approximate surface area is 152 Å². The van der Waals surface area contributed by atoms with E-state index in [0.29, 0.717) is 12.6 Å². The van der Waals surface area contributed by atoms with E-state index in [1.807, 2.05) is 26.8 Å². The molecule has 0 aliphatic rings. The minimum Gasteiger partial charge on any atom is -0.490 e. The van der Waals surface area contributed by atoms with Crippen molar-refractivity contribution in [2.75, 3.05) is 6.61 Å². The molecule has 3 heteroatoms. The van der Waals surface area contributed by atoms with Crippen LogP contribution in [0.25, 0.3) is 0 Å². The van der Waals surface area contributed by atoms with Crippen molar-refractivity contribution in [3.8, 4) is 11.5 Å². The fourth-order valence-electron chi connectivity index (χ4n) is 2.70. The van der Waals surface area contributed by atoms with Crippen LogP contribution in [-0.4, -0.2) is 18.8 Å². The summed E-state index contributed by atoms with van der Waals surface area (Å²) < 4.78 is 11.6. The average Bonchev–Trinajstić information content (AvgIpc) is 2.61. The summed E-state index contributed by atoms with van der Waals surface area (Å²) in [6, 6.07) is 17.3. The first-order chi connectivity index (χ1) is 12.1. The standard InChI is InChI=1S/C22H31NO2/c1-5-24-22-15-20(13-14-21(22)25-17(2)3)16-23-18(4)11-12-19-9-7-6-8-10-19/h6-10,13-15,17-18,23H,5,11-12,16H2,1-4H3/t18-/m1/s1. The van der Waals surface area contributed by atoms with Crippen molar-refractivity contribution in [2.45, 2.75) is 59.2 Å². The van der Waals surface area contributed by atoms with Crippen LogP contribution in [0, 0.1) is 0 Å². The van der Waals surface area contributed by atoms with Crippen molar-refractivity contribution in [2.24, 2.45) is 0 Å². The minimum absolute atomic E-state index is 0.140. The molecule has 1 atom stereocenters. The summed E-state index contributed by atoms with van der Waals surface area (Å²) in [5, 5.41) is 3.60. The topological polar surface area (TPSA) is 30.5 Å². The van der Waals surface area contributed by atoms with Crippen molar-refractivity contribution in [1.82, 2.24) is 5.32 Å². The summed E-state index contributed by atoms with van der Waals surface area (Å²) in [7, 11) is 0. The van der Waals surface area contributed by atoms with Gasteiger partial charge in [-0.25, -0.2) is 0 Å². The third-order valence-corrected chi connectivity index (χ3v) is 4.03. The molecule has 0 aliphatic carbocycles. The predicted octanol–water partition coefficient (Wildman–Crippen LogP) is 4.98. The Morgan fingerprint density at radius 1 is 0.920 bits per heavy atom. The van der Waals surface area contributed by atoms with E-state index in [1.54, 1.807) is 0 Å². The van der Waals surface area contributed by atoms with Gasteiger partial charge in [0, 0.05) is 12.6 Å². The molecule has 25 heavy (non-hydrogen) atoms. The highest BCUT2D eigenvalue weighted by atomic mass is 16.5. The van der Waals surface area contributed by atoms with Gasteiger partial charge in [0.2, 0.25) is 0 Å². The van der Waals surface area contributed by atoms with Gasteiger partial charge in [-0.3, -0.25) is 0 Å². The number of hydrogen-bond donors (Lipinski definition) is 1. The van der Waals surface area contributed by atoms with E-state index in [-0.39, 0.29) is 6.10 Å². The van der Waals surface area contributed by atoms with Gasteiger partial charge in [-0.15, -0.1) is 0 Å². The van der Waals surface area contributed by atoms with Crippen LogP contribution in [-0.2, 0) is 13.0 Å². The quantitative estimate of drug-likeness (QED) is 0.661. The number of hydrogen-bond acceptors (Lipinski definition) is 3. The molecule has 0 aromatic heterocycles. The molecule has 2 aromatic carbocycles. The Morgan fingerprint density at radius 2 is 1.68 bits per heavy atom. The van der Waals surface area contributed by atoms with Crippen molar-refractivity contribution in [1.29, 1.82) is 0 Å². The summed E-state index contributed by atoms with van der Waals surface area (Å²) in [4.78, 5) is 0. The number of benzene rings is 2. The minimum atomic E-state index is 0.140. The molecule has 0 unspecified atom stereocenters. The largest absolute Gasteiger partial charge is 0.490 e. The Morgan fingerprint density at radius 3 is 2.36 bits per heavy atom. The number of rotatable bonds is 10. The van der Waals surface area contributed by atoms with Gasteiger partial charge in [0.25, 0.3) is 0 Å². The Balaban J connectivity index is 1.87. The zero-order chi connectivity index (χ0) is 18.1. The van der Waals surface area contributed by atoms with Crippen LogP contribution < -0.4 is 14.8 Å². The molecule has 0 heterocycles. The van der Waals surface area contributed by atoms with Crippen LogP contribution in [0.5, 0.6) is 11.5 Å². The maximum Gasteiger partial charge on any atom is 0.161 e. The van der Waals surface area contributed by atoms with E-state index in [1.165, 1.54) is 11.1 Å². The van der Waals surface area contributed by atoms with Crippen LogP contribution in [0.4, 0.5) is 0 Å². The summed E-state index contributed by atoms with van der Waals surface area (Å²) in [5.74, 6) is 1.64. The van der Waals surface area contributed by atoms with E-state index in [0.717, 1.165) is 30.9 Å². The first-order valence-electron chi connectivity index (χ1n) is 9.28. The van der Waals surface area contributed by atoms with E-state index in [4.69, 9.17) is 9.47 Å². The molecular formula is C22H31NO2. The van der Waals surface area contributed by atoms with Gasteiger partial charge in [0.15, 0.2) is 11.5 Å². The first-order valence-corrected chi connectivity index (χ1v) is 9.28. The second kappa shape index (κ2) is 10.1. The molecule has 0 saturated carbocycles. The summed E-state index contributed by atoms with van der Waals surface area (Å²) in [6.45, 7) is 9.76. The molecule has 0 bridgehead atoms. The smallest absolute Gasteiger partial charge is 0.161 e. The number of aryl methyl sites for hydroxylation is 1. The molecule has 2 aromatic rings. The lowest BCUT2D eigenvalue weighted by Crippen LogP contribution is -2.26. The SMILES string of the molecule is CCOc1cc(CN[C@H](C)CCc2ccccc2)ccc1OC(C)C. The lowest BCUT2D eigenvalue weighted by molar-refractivity contribution is 0.223. The Hall–Kier alpha value is -2.00. The van der Waals surface area contributed by atoms with E-state index in [2.05, 4.69) is 54.7 Å². The van der Waals surface area contributed by atoms with Crippen molar-refractivity contribution in [3.63, 3.8) is 0 Å². The van der Waals surface area contributed by atoms with Crippen molar-refractivity contribution >= 4 is 0 Å². The van der Waals surface area contributed by atoms with Crippen LogP contribution >= 0.6 is 0 Å². The van der Waals surface area contributed by atoms with Crippen LogP contribution in [0.15, 0.2) is 48.5 Å². The highest BCUT2D eigenvalue weighted by Gasteiger charge is 2.09. The lowest BCUT2D eigenvalue weighted by atomic mass is 10.1. The highest BCUT2D eigenvalue weighted by molar-refractivity contribution is 5.43. The monoisotopic (exact) mass is 341 g/mol. The number of ether oxygens (including phenoxy) is 2. The summed E-state index contributed by atoms with van der Waals surface area (Å²) >= 11 is 0. The third kappa shape index (κ3) is 6.79. The second-order valence-electron chi connectivity index (χ2n) is 6.69. The van der Waals surface area contributed by atoms with Crippen LogP contribution in [0.3, 0.4) is 0 Å². The zero-order valence-electron chi connectivity index (χ0n) is 15.9. The average molecular weight is 341 g/mol. The molecule has 2 rings (SSSR count). The van der Waals surface area contributed by atoms with Gasteiger partial charge >= 0.3 is 0 Å². The Kier molecular flexibility index (Phi) is 7.80. The second-order valence-corrected chi connectivity index (χ2v) is 6.69. The fraction of sp³-hybridized carbons (Fsp3) is 0.455. The normalized spacial score (nSPS) is 12.2. The Bertz CT molecular complexity index is 625. The first kappa shape index (κ1) is 19.3. The van der Waals surface area contributed by atoms with Crippen LogP contribution in [0.1, 0.15) is 45.2 Å². The zero-order valence-corrected chi connectivity index (χ0v) is 15.9. The lowest BCUT2D eigenvalue weighted by Gasteiger charge is -2.17. The summed E-state index contributed by atoms with van der Waals surface area (Å²) in [6.07, 6.45) is 2.36. The number of nitrogens with one attached hydrogen (secondary N) is 1. The molecule has 0 aliphatic heterocycles. The molecule has 0 radical (unpaired) electrons. The van der Waals surface area contributed by atoms with E-state index < -0.39 is 0 Å². The van der Waals surface area contributed by atoms with Gasteiger partial charge in [-0.05, 0) is 63.8 Å². The summed E-state index contributed by atoms with van der Waals surface area (Å²) in [5.41, 5.74) is 2.61. The molecular weight excluding hydrogens is 310 g/mol. The maximum atomic E-state index is 5.82. The van der Waals surface area contributed by atoms with Gasteiger partial charge in [0.05, 0.1) is 12.7 Å². The molecule has 136 valence electrons. The molecule has 0 fully saturated rings. The van der Waals surface area contributed by atoms with Gasteiger partial charge in [0.1, 0.15) is 0 Å². The molecule has 0 spiro atoms. The van der Waals surface area contributed by atoms with Crippen molar-refractivity contribution in [3.05, 3.63) is 59.7 Å².